The summed E-state index contributed by atoms with van der Waals surface area (Å²) in [5, 5.41) is 14.7. The van der Waals surface area contributed by atoms with Crippen LogP contribution in [0.5, 0.6) is 0 Å². The molecule has 0 aliphatic rings. The Kier molecular flexibility index (Phi) is 4.67. The summed E-state index contributed by atoms with van der Waals surface area (Å²) in [5.41, 5.74) is 3.57. The van der Waals surface area contributed by atoms with Gasteiger partial charge in [0.15, 0.2) is 0 Å². The fourth-order valence-corrected chi connectivity index (χ4v) is 2.38. The molecule has 3 rings (SSSR count). The summed E-state index contributed by atoms with van der Waals surface area (Å²) in [6, 6.07) is 9.03. The number of aromatic nitrogens is 3. The second kappa shape index (κ2) is 7.06. The molecule has 0 aromatic carbocycles. The Morgan fingerprint density at radius 3 is 2.83 bits per heavy atom. The molecule has 0 radical (unpaired) electrons. The van der Waals surface area contributed by atoms with Crippen molar-refractivity contribution in [2.75, 3.05) is 12.4 Å². The first-order valence-corrected chi connectivity index (χ1v) is 7.61. The van der Waals surface area contributed by atoms with Crippen molar-refractivity contribution in [2.24, 2.45) is 0 Å². The first kappa shape index (κ1) is 15.9. The van der Waals surface area contributed by atoms with Crippen LogP contribution in [0.4, 0.5) is 5.69 Å². The van der Waals surface area contributed by atoms with Gasteiger partial charge in [-0.1, -0.05) is 11.6 Å². The molecule has 120 valence electrons. The normalized spacial score (nSPS) is 11.3. The Morgan fingerprint density at radius 2 is 2.08 bits per heavy atom. The molecule has 3 heterocycles. The van der Waals surface area contributed by atoms with E-state index in [9.17, 15) is 0 Å². The highest BCUT2D eigenvalue weighted by molar-refractivity contribution is 6.30. The third-order valence-electron chi connectivity index (χ3n) is 3.30. The minimum atomic E-state index is 0.223. The number of fused-ring (bicyclic) bond motifs is 1. The molecule has 7 heteroatoms. The maximum atomic E-state index is 8.35. The van der Waals surface area contributed by atoms with Crippen molar-refractivity contribution in [1.82, 2.24) is 20.3 Å². The minimum absolute atomic E-state index is 0.223. The third-order valence-corrected chi connectivity index (χ3v) is 3.51. The van der Waals surface area contributed by atoms with Crippen molar-refractivity contribution >= 4 is 39.7 Å². The molecule has 24 heavy (non-hydrogen) atoms. The monoisotopic (exact) mass is 338 g/mol. The van der Waals surface area contributed by atoms with Crippen LogP contribution in [-0.2, 0) is 0 Å². The molecule has 0 amide bonds. The molecule has 0 fully saturated rings. The largest absolute Gasteiger partial charge is 0.393 e. The summed E-state index contributed by atoms with van der Waals surface area (Å²) < 4.78 is 0. The maximum absolute atomic E-state index is 8.35. The number of rotatable bonds is 4. The van der Waals surface area contributed by atoms with Gasteiger partial charge in [0, 0.05) is 36.8 Å². The lowest BCUT2D eigenvalue weighted by Crippen LogP contribution is -2.15. The number of nitrogens with one attached hydrogen (secondary N) is 3. The molecular weight excluding hydrogens is 324 g/mol. The quantitative estimate of drug-likeness (QED) is 0.386. The minimum Gasteiger partial charge on any atom is -0.393 e. The highest BCUT2D eigenvalue weighted by atomic mass is 35.5. The second-order valence-electron chi connectivity index (χ2n) is 4.98. The summed E-state index contributed by atoms with van der Waals surface area (Å²) in [7, 11) is 1.78. The van der Waals surface area contributed by atoms with E-state index in [0.29, 0.717) is 16.2 Å². The smallest absolute Gasteiger partial charge is 0.132 e. The molecule has 0 saturated carbocycles. The molecule has 3 aromatic rings. The molecule has 0 atom stereocenters. The first-order valence-electron chi connectivity index (χ1n) is 7.23. The van der Waals surface area contributed by atoms with Crippen molar-refractivity contribution in [3.8, 4) is 0 Å². The summed E-state index contributed by atoms with van der Waals surface area (Å²) in [5.74, 6) is 0.223. The molecule has 0 aliphatic heterocycles. The zero-order valence-corrected chi connectivity index (χ0v) is 13.7. The van der Waals surface area contributed by atoms with Crippen molar-refractivity contribution < 1.29 is 0 Å². The van der Waals surface area contributed by atoms with Crippen LogP contribution in [0.15, 0.2) is 55.1 Å². The maximum Gasteiger partial charge on any atom is 0.132 e. The van der Waals surface area contributed by atoms with Crippen LogP contribution in [-0.4, -0.2) is 27.8 Å². The summed E-state index contributed by atoms with van der Waals surface area (Å²) in [4.78, 5) is 12.7. The van der Waals surface area contributed by atoms with E-state index in [2.05, 4.69) is 25.6 Å². The van der Waals surface area contributed by atoms with Gasteiger partial charge in [0.1, 0.15) is 11.0 Å². The Labute approximate surface area is 144 Å². The lowest BCUT2D eigenvalue weighted by Gasteiger charge is -2.12. The van der Waals surface area contributed by atoms with Gasteiger partial charge in [0.2, 0.25) is 0 Å². The van der Waals surface area contributed by atoms with Crippen LogP contribution in [0.25, 0.3) is 16.6 Å². The van der Waals surface area contributed by atoms with Crippen LogP contribution < -0.4 is 10.6 Å². The molecule has 3 aromatic heterocycles. The average molecular weight is 339 g/mol. The van der Waals surface area contributed by atoms with Gasteiger partial charge in [-0.05, 0) is 30.3 Å². The number of hydrogen-bond donors (Lipinski definition) is 3. The van der Waals surface area contributed by atoms with E-state index in [1.54, 1.807) is 44.0 Å². The van der Waals surface area contributed by atoms with Crippen LogP contribution in [0, 0.1) is 5.41 Å². The van der Waals surface area contributed by atoms with Gasteiger partial charge in [-0.2, -0.15) is 0 Å². The van der Waals surface area contributed by atoms with Crippen LogP contribution in [0.2, 0.25) is 5.15 Å². The third kappa shape index (κ3) is 3.49. The fraction of sp³-hybridized carbons (Fsp3) is 0.0588. The summed E-state index contributed by atoms with van der Waals surface area (Å²) in [6.07, 6.45) is 6.78. The van der Waals surface area contributed by atoms with E-state index >= 15 is 0 Å². The number of anilines is 1. The van der Waals surface area contributed by atoms with Gasteiger partial charge in [0.05, 0.1) is 22.9 Å². The van der Waals surface area contributed by atoms with E-state index in [4.69, 9.17) is 17.0 Å². The molecule has 0 aliphatic carbocycles. The molecule has 0 unspecified atom stereocenters. The molecule has 0 spiro atoms. The van der Waals surface area contributed by atoms with E-state index in [-0.39, 0.29) is 5.84 Å². The Balaban J connectivity index is 1.96. The average Bonchev–Trinajstić information content (AvgIpc) is 2.59. The van der Waals surface area contributed by atoms with Crippen LogP contribution >= 0.6 is 11.6 Å². The lowest BCUT2D eigenvalue weighted by atomic mass is 10.1. The SMILES string of the molecule is CN/C=C(\C(=N)Nc1cccnc1)c1cnc2ccc(Cl)nc2c1. The topological polar surface area (TPSA) is 86.6 Å². The molecule has 0 bridgehead atoms. The van der Waals surface area contributed by atoms with Gasteiger partial charge in [-0.25, -0.2) is 4.98 Å². The Morgan fingerprint density at radius 1 is 1.21 bits per heavy atom. The Hall–Kier alpha value is -2.99. The number of halogens is 1. The summed E-state index contributed by atoms with van der Waals surface area (Å²) >= 11 is 5.95. The number of nitrogens with zero attached hydrogens (tertiary/aromatic N) is 3. The highest BCUT2D eigenvalue weighted by Crippen LogP contribution is 2.21. The van der Waals surface area contributed by atoms with E-state index in [1.165, 1.54) is 0 Å². The van der Waals surface area contributed by atoms with Gasteiger partial charge in [-0.3, -0.25) is 15.4 Å². The Bertz CT molecular complexity index is 907. The highest BCUT2D eigenvalue weighted by Gasteiger charge is 2.11. The van der Waals surface area contributed by atoms with Crippen molar-refractivity contribution in [3.05, 3.63) is 65.8 Å². The molecule has 0 saturated heterocycles. The van der Waals surface area contributed by atoms with Crippen molar-refractivity contribution in [3.63, 3.8) is 0 Å². The van der Waals surface area contributed by atoms with Crippen LogP contribution in [0.1, 0.15) is 5.56 Å². The van der Waals surface area contributed by atoms with Gasteiger partial charge < -0.3 is 10.6 Å². The van der Waals surface area contributed by atoms with Gasteiger partial charge >= 0.3 is 0 Å². The van der Waals surface area contributed by atoms with E-state index in [0.717, 1.165) is 16.8 Å². The zero-order chi connectivity index (χ0) is 16.9. The fourth-order valence-electron chi connectivity index (χ4n) is 2.22. The number of amidine groups is 1. The predicted molar refractivity (Wildman–Crippen MR) is 97.2 cm³/mol. The zero-order valence-electron chi connectivity index (χ0n) is 12.9. The molecular formula is C17H15ClN6. The standard InChI is InChI=1S/C17H15ClN6/c1-20-10-13(17(19)23-12-3-2-6-21-9-12)11-7-15-14(22-8-11)4-5-16(18)24-15/h2-10,20H,1H3,(H2,19,23)/b13-10-. The molecule has 6 nitrogen and oxygen atoms in total. The van der Waals surface area contributed by atoms with Gasteiger partial charge in [-0.15, -0.1) is 0 Å². The summed E-state index contributed by atoms with van der Waals surface area (Å²) in [6.45, 7) is 0. The van der Waals surface area contributed by atoms with Gasteiger partial charge in [0.25, 0.3) is 0 Å². The number of pyridine rings is 3. The van der Waals surface area contributed by atoms with Crippen molar-refractivity contribution in [2.45, 2.75) is 0 Å². The van der Waals surface area contributed by atoms with Crippen molar-refractivity contribution in [1.29, 1.82) is 5.41 Å². The number of hydrogen-bond acceptors (Lipinski definition) is 5. The molecule has 3 N–H and O–H groups in total. The second-order valence-corrected chi connectivity index (χ2v) is 5.37. The predicted octanol–water partition coefficient (Wildman–Crippen LogP) is 3.33. The first-order chi connectivity index (χ1) is 11.7. The van der Waals surface area contributed by atoms with E-state index < -0.39 is 0 Å². The van der Waals surface area contributed by atoms with Crippen LogP contribution in [0.3, 0.4) is 0 Å². The van der Waals surface area contributed by atoms with E-state index in [1.807, 2.05) is 18.2 Å². The lowest BCUT2D eigenvalue weighted by molar-refractivity contribution is 1.11.